The second-order valence-corrected chi connectivity index (χ2v) is 19.7. The van der Waals surface area contributed by atoms with E-state index in [9.17, 15) is 9.90 Å². The third-order valence-electron chi connectivity index (χ3n) is 14.6. The zero-order chi connectivity index (χ0) is 46.7. The highest BCUT2D eigenvalue weighted by atomic mass is 16.4. The highest BCUT2D eigenvalue weighted by Crippen LogP contribution is 2.45. The monoisotopic (exact) mass is 905 g/mol. The Labute approximate surface area is 405 Å². The number of carbonyl (C=O) groups excluding carboxylic acids is 1. The lowest BCUT2D eigenvalue weighted by Gasteiger charge is -2.30. The summed E-state index contributed by atoms with van der Waals surface area (Å²) in [5.41, 5.74) is 6.65. The van der Waals surface area contributed by atoms with E-state index in [1.165, 1.54) is 140 Å². The lowest BCUT2D eigenvalue weighted by Crippen LogP contribution is -2.46. The maximum atomic E-state index is 14.6. The van der Waals surface area contributed by atoms with Crippen molar-refractivity contribution in [2.75, 3.05) is 5.23 Å². The van der Waals surface area contributed by atoms with Gasteiger partial charge in [0.05, 0.1) is 16.5 Å². The largest absolute Gasteiger partial charge is 0.538 e. The van der Waals surface area contributed by atoms with Crippen molar-refractivity contribution in [2.45, 2.75) is 155 Å². The molecule has 2 N–H and O–H groups in total. The van der Waals surface area contributed by atoms with Crippen LogP contribution in [0.15, 0.2) is 120 Å². The first-order valence-corrected chi connectivity index (χ1v) is 26.5. The van der Waals surface area contributed by atoms with E-state index in [4.69, 9.17) is 14.2 Å². The van der Waals surface area contributed by atoms with Gasteiger partial charge in [0.25, 0.3) is 0 Å². The second-order valence-electron chi connectivity index (χ2n) is 19.7. The topological polar surface area (TPSA) is 80.2 Å². The molecular formula is C60H70B2N2O4. The number of hydrogen-bond donors (Lipinski definition) is 2. The predicted molar refractivity (Wildman–Crippen MR) is 286 cm³/mol. The van der Waals surface area contributed by atoms with Crippen LogP contribution in [0, 0.1) is 0 Å². The van der Waals surface area contributed by atoms with Gasteiger partial charge in [-0.2, -0.15) is 0 Å². The summed E-state index contributed by atoms with van der Waals surface area (Å²) in [6.07, 6.45) is 28.8. The third kappa shape index (κ3) is 10.8. The molecule has 0 aromatic heterocycles. The van der Waals surface area contributed by atoms with E-state index in [1.54, 1.807) is 0 Å². The zero-order valence-corrected chi connectivity index (χ0v) is 40.7. The van der Waals surface area contributed by atoms with Crippen LogP contribution in [0.2, 0.25) is 0 Å². The highest BCUT2D eigenvalue weighted by molar-refractivity contribution is 6.72. The van der Waals surface area contributed by atoms with Crippen LogP contribution in [0.25, 0.3) is 32.7 Å². The molecule has 6 aromatic carbocycles. The Kier molecular flexibility index (Phi) is 16.0. The number of nitrogens with one attached hydrogen (secondary N) is 1. The Morgan fingerprint density at radius 3 is 1.57 bits per heavy atom. The van der Waals surface area contributed by atoms with Crippen LogP contribution in [-0.2, 0) is 17.6 Å². The van der Waals surface area contributed by atoms with Gasteiger partial charge in [-0.1, -0.05) is 226 Å². The van der Waals surface area contributed by atoms with Gasteiger partial charge in [0.15, 0.2) is 0 Å². The minimum Gasteiger partial charge on any atom is -0.537 e. The quantitative estimate of drug-likeness (QED) is 0.0442. The molecule has 350 valence electrons. The van der Waals surface area contributed by atoms with E-state index in [-0.39, 0.29) is 17.1 Å². The normalized spacial score (nSPS) is 14.8. The van der Waals surface area contributed by atoms with E-state index in [0.29, 0.717) is 21.7 Å². The Morgan fingerprint density at radius 2 is 1.01 bits per heavy atom. The SMILES string of the molecule is CCCCCCCCCCCCc1ccc(B2N=c3c(=C4C(=O)C(c5ccc6cccc7c6c5NB(c5ccc(CCCCCCCCCCCC)cc5)O7)=C4O)ccc4cccc(c34)O2)cc1. The van der Waals surface area contributed by atoms with Crippen LogP contribution in [0.1, 0.15) is 159 Å². The fourth-order valence-electron chi connectivity index (χ4n) is 10.7. The van der Waals surface area contributed by atoms with Crippen molar-refractivity contribution in [1.29, 1.82) is 0 Å². The van der Waals surface area contributed by atoms with E-state index in [2.05, 4.69) is 73.7 Å². The summed E-state index contributed by atoms with van der Waals surface area (Å²) in [7, 11) is -1.05. The molecule has 1 aliphatic carbocycles. The Balaban J connectivity index is 0.912. The molecule has 3 aliphatic rings. The smallest absolute Gasteiger partial charge is 0.537 e. The zero-order valence-electron chi connectivity index (χ0n) is 40.7. The fourth-order valence-corrected chi connectivity index (χ4v) is 10.7. The minimum atomic E-state index is -0.583. The maximum Gasteiger partial charge on any atom is 0.538 e. The lowest BCUT2D eigenvalue weighted by atomic mass is 9.70. The molecule has 0 saturated carbocycles. The molecule has 0 fully saturated rings. The van der Waals surface area contributed by atoms with Crippen molar-refractivity contribution in [3.8, 4) is 11.5 Å². The molecule has 0 saturated heterocycles. The molecule has 68 heavy (non-hydrogen) atoms. The molecule has 0 amide bonds. The number of carbonyl (C=O) groups is 1. The first-order chi connectivity index (χ1) is 33.5. The Morgan fingerprint density at radius 1 is 0.515 bits per heavy atom. The van der Waals surface area contributed by atoms with Gasteiger partial charge in [-0.15, -0.1) is 0 Å². The molecule has 9 rings (SSSR count). The van der Waals surface area contributed by atoms with Gasteiger partial charge >= 0.3 is 14.1 Å². The van der Waals surface area contributed by atoms with Crippen LogP contribution >= 0.6 is 0 Å². The number of hydrogen-bond acceptors (Lipinski definition) is 6. The number of aliphatic hydroxyl groups excluding tert-OH is 1. The molecule has 8 heteroatoms. The number of rotatable bonds is 25. The van der Waals surface area contributed by atoms with Crippen LogP contribution in [0.4, 0.5) is 5.69 Å². The maximum absolute atomic E-state index is 14.6. The van der Waals surface area contributed by atoms with E-state index >= 15 is 0 Å². The number of ketones is 1. The van der Waals surface area contributed by atoms with E-state index in [0.717, 1.165) is 62.5 Å². The molecule has 6 nitrogen and oxygen atoms in total. The Hall–Kier alpha value is -5.75. The summed E-state index contributed by atoms with van der Waals surface area (Å²) in [6.45, 7) is 4.55. The molecule has 0 radical (unpaired) electrons. The molecule has 2 heterocycles. The molecule has 6 aromatic rings. The number of Topliss-reactive ketones (excluding diaryl/α,β-unsaturated/α-hetero) is 1. The summed E-state index contributed by atoms with van der Waals surface area (Å²) in [4.78, 5) is 19.8. The molecule has 0 atom stereocenters. The fraction of sp³-hybridized carbons (Fsp3) is 0.400. The molecular weight excluding hydrogens is 834 g/mol. The number of unbranched alkanes of at least 4 members (excludes halogenated alkanes) is 18. The second kappa shape index (κ2) is 23.0. The molecule has 0 spiro atoms. The number of anilines is 1. The van der Waals surface area contributed by atoms with Gasteiger partial charge in [-0.3, -0.25) is 9.70 Å². The van der Waals surface area contributed by atoms with Crippen molar-refractivity contribution in [2.24, 2.45) is 4.90 Å². The number of aliphatic hydroxyl groups is 1. The molecule has 2 aliphatic heterocycles. The van der Waals surface area contributed by atoms with Crippen LogP contribution < -0.4 is 36.0 Å². The van der Waals surface area contributed by atoms with Crippen LogP contribution in [0.3, 0.4) is 0 Å². The van der Waals surface area contributed by atoms with Gasteiger partial charge in [0, 0.05) is 27.2 Å². The number of allylic oxidation sites excluding steroid dienone is 2. The Bertz CT molecular complexity index is 2860. The summed E-state index contributed by atoms with van der Waals surface area (Å²) in [5, 5.41) is 20.7. The van der Waals surface area contributed by atoms with Crippen LogP contribution in [0.5, 0.6) is 11.5 Å². The van der Waals surface area contributed by atoms with E-state index < -0.39 is 14.1 Å². The average molecular weight is 905 g/mol. The number of benzene rings is 6. The minimum absolute atomic E-state index is 0.0214. The van der Waals surface area contributed by atoms with Crippen molar-refractivity contribution >= 4 is 69.2 Å². The summed E-state index contributed by atoms with van der Waals surface area (Å²) < 4.78 is 13.2. The standard InChI is InChI=1S/C60H70B2N2O4/c1-3-5-7-9-11-13-15-17-19-21-25-43-31-37-47(38-32-43)61-63-57-49(41-35-45-27-23-29-51(67-61)53(45)57)55-59(65)56(60(55)66)50-42-36-46-28-24-30-52-54(46)58(50)64-62(68-52)48-39-33-44(34-40-48)26-22-20-18-16-14-12-10-8-6-4-2/h23-24,27-42,63,65H,3-22,25-26H2,1-2H3. The van der Waals surface area contributed by atoms with E-state index in [1.807, 2.05) is 54.6 Å². The highest BCUT2D eigenvalue weighted by Gasteiger charge is 2.40. The number of aryl methyl sites for hydroxylation is 2. The first kappa shape index (κ1) is 47.3. The van der Waals surface area contributed by atoms with Crippen molar-refractivity contribution in [3.05, 3.63) is 142 Å². The van der Waals surface area contributed by atoms with Gasteiger partial charge in [-0.05, 0) is 70.6 Å². The van der Waals surface area contributed by atoms with Gasteiger partial charge in [0.1, 0.15) is 17.3 Å². The van der Waals surface area contributed by atoms with Crippen molar-refractivity contribution in [3.63, 3.8) is 0 Å². The first-order valence-electron chi connectivity index (χ1n) is 26.5. The summed E-state index contributed by atoms with van der Waals surface area (Å²) in [5.74, 6) is 1.24. The predicted octanol–water partition coefficient (Wildman–Crippen LogP) is 13.2. The van der Waals surface area contributed by atoms with Crippen molar-refractivity contribution in [1.82, 2.24) is 0 Å². The summed E-state index contributed by atoms with van der Waals surface area (Å²) >= 11 is 0. The van der Waals surface area contributed by atoms with Gasteiger partial charge < -0.3 is 19.6 Å². The lowest BCUT2D eigenvalue weighted by molar-refractivity contribution is -0.109. The molecule has 0 bridgehead atoms. The third-order valence-corrected chi connectivity index (χ3v) is 14.6. The van der Waals surface area contributed by atoms with Crippen molar-refractivity contribution < 1.29 is 19.2 Å². The average Bonchev–Trinajstić information content (AvgIpc) is 3.37. The summed E-state index contributed by atoms with van der Waals surface area (Å²) in [6, 6.07) is 37.3. The number of nitrogens with zero attached hydrogens (tertiary/aromatic N) is 1. The molecule has 0 unspecified atom stereocenters. The van der Waals surface area contributed by atoms with Gasteiger partial charge in [-0.25, -0.2) is 0 Å². The van der Waals surface area contributed by atoms with Crippen LogP contribution in [-0.4, -0.2) is 25.0 Å². The van der Waals surface area contributed by atoms with Gasteiger partial charge in [0.2, 0.25) is 5.78 Å².